The molecule has 0 heterocycles. The number of thiocarbonyl (C=S) groups is 1. The van der Waals surface area contributed by atoms with E-state index in [1.54, 1.807) is 18.2 Å². The standard InChI is InChI=1S/C15H11ClF3NOS/c1-21-13-8-10(16)4-7-12(13)14(22)20-11-5-2-9(3-6-11)15(17,18)19/h2-8H,1H3,(H,20,22). The van der Waals surface area contributed by atoms with Crippen LogP contribution in [0.4, 0.5) is 18.9 Å². The molecule has 2 aromatic carbocycles. The summed E-state index contributed by atoms with van der Waals surface area (Å²) in [5, 5.41) is 3.37. The molecule has 0 bridgehead atoms. The topological polar surface area (TPSA) is 21.3 Å². The first-order valence-corrected chi connectivity index (χ1v) is 6.92. The Labute approximate surface area is 135 Å². The van der Waals surface area contributed by atoms with E-state index in [-0.39, 0.29) is 0 Å². The number of hydrogen-bond donors (Lipinski definition) is 1. The van der Waals surface area contributed by atoms with Crippen molar-refractivity contribution in [2.75, 3.05) is 12.4 Å². The van der Waals surface area contributed by atoms with Gasteiger partial charge < -0.3 is 10.1 Å². The number of alkyl halides is 3. The minimum absolute atomic E-state index is 0.327. The fourth-order valence-corrected chi connectivity index (χ4v) is 2.24. The van der Waals surface area contributed by atoms with Crippen molar-refractivity contribution in [3.8, 4) is 5.75 Å². The molecule has 0 aromatic heterocycles. The lowest BCUT2D eigenvalue weighted by atomic mass is 10.1. The van der Waals surface area contributed by atoms with Gasteiger partial charge in [-0.1, -0.05) is 23.8 Å². The lowest BCUT2D eigenvalue weighted by Gasteiger charge is -2.13. The molecule has 0 saturated heterocycles. The Bertz CT molecular complexity index is 686. The van der Waals surface area contributed by atoms with Crippen LogP contribution in [0.3, 0.4) is 0 Å². The molecule has 0 spiro atoms. The Kier molecular flexibility index (Phi) is 4.93. The molecule has 0 saturated carbocycles. The highest BCUT2D eigenvalue weighted by Crippen LogP contribution is 2.30. The second-order valence-corrected chi connectivity index (χ2v) is 5.22. The quantitative estimate of drug-likeness (QED) is 0.777. The van der Waals surface area contributed by atoms with E-state index in [1.807, 2.05) is 0 Å². The SMILES string of the molecule is COc1cc(Cl)ccc1C(=S)Nc1ccc(C(F)(F)F)cc1. The Hall–Kier alpha value is -1.79. The van der Waals surface area contributed by atoms with E-state index in [0.29, 0.717) is 27.0 Å². The zero-order chi connectivity index (χ0) is 16.3. The Morgan fingerprint density at radius 1 is 1.14 bits per heavy atom. The first kappa shape index (κ1) is 16.6. The van der Waals surface area contributed by atoms with Gasteiger partial charge in [0.05, 0.1) is 18.2 Å². The number of halogens is 4. The number of hydrogen-bond acceptors (Lipinski definition) is 2. The molecule has 22 heavy (non-hydrogen) atoms. The average Bonchev–Trinajstić information content (AvgIpc) is 2.46. The molecular weight excluding hydrogens is 335 g/mol. The molecule has 0 radical (unpaired) electrons. The maximum Gasteiger partial charge on any atom is 0.416 e. The van der Waals surface area contributed by atoms with E-state index in [1.165, 1.54) is 19.2 Å². The number of nitrogens with one attached hydrogen (secondary N) is 1. The molecule has 0 aliphatic rings. The molecule has 0 amide bonds. The van der Waals surface area contributed by atoms with Crippen LogP contribution in [0, 0.1) is 0 Å². The van der Waals surface area contributed by atoms with Gasteiger partial charge in [-0.15, -0.1) is 0 Å². The third-order valence-electron chi connectivity index (χ3n) is 2.88. The van der Waals surface area contributed by atoms with Gasteiger partial charge in [-0.25, -0.2) is 0 Å². The van der Waals surface area contributed by atoms with Crippen molar-refractivity contribution in [3.63, 3.8) is 0 Å². The van der Waals surface area contributed by atoms with Crippen LogP contribution < -0.4 is 10.1 Å². The van der Waals surface area contributed by atoms with Crippen molar-refractivity contribution < 1.29 is 17.9 Å². The summed E-state index contributed by atoms with van der Waals surface area (Å²) < 4.78 is 42.7. The van der Waals surface area contributed by atoms with Crippen molar-refractivity contribution in [3.05, 3.63) is 58.6 Å². The zero-order valence-corrected chi connectivity index (χ0v) is 12.9. The Balaban J connectivity index is 2.19. The fourth-order valence-electron chi connectivity index (χ4n) is 1.79. The summed E-state index contributed by atoms with van der Waals surface area (Å²) in [5.41, 5.74) is 0.338. The van der Waals surface area contributed by atoms with E-state index in [2.05, 4.69) is 5.32 Å². The smallest absolute Gasteiger partial charge is 0.416 e. The van der Waals surface area contributed by atoms with Gasteiger partial charge in [-0.05, 0) is 42.5 Å². The first-order chi connectivity index (χ1) is 10.3. The summed E-state index contributed by atoms with van der Waals surface area (Å²) in [5.74, 6) is 0.483. The molecule has 2 nitrogen and oxygen atoms in total. The molecule has 2 aromatic rings. The predicted octanol–water partition coefficient (Wildman–Crippen LogP) is 5.16. The molecule has 7 heteroatoms. The van der Waals surface area contributed by atoms with Gasteiger partial charge in [0.2, 0.25) is 0 Å². The van der Waals surface area contributed by atoms with Gasteiger partial charge in [0.25, 0.3) is 0 Å². The normalized spacial score (nSPS) is 11.1. The summed E-state index contributed by atoms with van der Waals surface area (Å²) >= 11 is 11.1. The van der Waals surface area contributed by atoms with Gasteiger partial charge >= 0.3 is 6.18 Å². The van der Waals surface area contributed by atoms with Crippen LogP contribution in [-0.2, 0) is 6.18 Å². The number of methoxy groups -OCH3 is 1. The fraction of sp³-hybridized carbons (Fsp3) is 0.133. The zero-order valence-electron chi connectivity index (χ0n) is 11.4. The summed E-state index contributed by atoms with van der Waals surface area (Å²) in [6.45, 7) is 0. The summed E-state index contributed by atoms with van der Waals surface area (Å²) in [6, 6.07) is 9.56. The average molecular weight is 346 g/mol. The van der Waals surface area contributed by atoms with Crippen LogP contribution in [0.5, 0.6) is 5.75 Å². The first-order valence-electron chi connectivity index (χ1n) is 6.13. The van der Waals surface area contributed by atoms with E-state index in [4.69, 9.17) is 28.6 Å². The molecule has 1 N–H and O–H groups in total. The lowest BCUT2D eigenvalue weighted by Crippen LogP contribution is -2.12. The minimum Gasteiger partial charge on any atom is -0.496 e. The Morgan fingerprint density at radius 3 is 2.32 bits per heavy atom. The number of rotatable bonds is 3. The van der Waals surface area contributed by atoms with Gasteiger partial charge in [0, 0.05) is 10.7 Å². The molecule has 0 unspecified atom stereocenters. The third kappa shape index (κ3) is 3.90. The van der Waals surface area contributed by atoms with Crippen molar-refractivity contribution in [1.82, 2.24) is 0 Å². The van der Waals surface area contributed by atoms with Crippen molar-refractivity contribution in [2.45, 2.75) is 6.18 Å². The number of ether oxygens (including phenoxy) is 1. The van der Waals surface area contributed by atoms with E-state index in [9.17, 15) is 13.2 Å². The number of anilines is 1. The lowest BCUT2D eigenvalue weighted by molar-refractivity contribution is -0.137. The van der Waals surface area contributed by atoms with Gasteiger partial charge in [0.15, 0.2) is 0 Å². The maximum absolute atomic E-state index is 12.5. The monoisotopic (exact) mass is 345 g/mol. The summed E-state index contributed by atoms with van der Waals surface area (Å²) in [7, 11) is 1.48. The van der Waals surface area contributed by atoms with Crippen molar-refractivity contribution >= 4 is 34.5 Å². The van der Waals surface area contributed by atoms with Crippen LogP contribution in [0.2, 0.25) is 5.02 Å². The highest BCUT2D eigenvalue weighted by Gasteiger charge is 2.29. The second-order valence-electron chi connectivity index (χ2n) is 4.37. The second kappa shape index (κ2) is 6.54. The van der Waals surface area contributed by atoms with Crippen LogP contribution >= 0.6 is 23.8 Å². The largest absolute Gasteiger partial charge is 0.496 e. The molecule has 2 rings (SSSR count). The van der Waals surface area contributed by atoms with E-state index >= 15 is 0 Å². The molecule has 0 fully saturated rings. The minimum atomic E-state index is -4.36. The molecule has 0 aliphatic carbocycles. The predicted molar refractivity (Wildman–Crippen MR) is 84.8 cm³/mol. The van der Waals surface area contributed by atoms with Gasteiger partial charge in [0.1, 0.15) is 10.7 Å². The summed E-state index contributed by atoms with van der Waals surface area (Å²) in [4.78, 5) is 0.327. The van der Waals surface area contributed by atoms with E-state index < -0.39 is 11.7 Å². The molecule has 0 atom stereocenters. The molecule has 116 valence electrons. The highest BCUT2D eigenvalue weighted by atomic mass is 35.5. The highest BCUT2D eigenvalue weighted by molar-refractivity contribution is 7.81. The van der Waals surface area contributed by atoms with Crippen LogP contribution in [0.25, 0.3) is 0 Å². The van der Waals surface area contributed by atoms with Crippen molar-refractivity contribution in [2.24, 2.45) is 0 Å². The van der Waals surface area contributed by atoms with E-state index in [0.717, 1.165) is 12.1 Å². The third-order valence-corrected chi connectivity index (χ3v) is 3.44. The Morgan fingerprint density at radius 2 is 1.77 bits per heavy atom. The number of benzene rings is 2. The summed E-state index contributed by atoms with van der Waals surface area (Å²) in [6.07, 6.45) is -4.36. The molecular formula is C15H11ClF3NOS. The maximum atomic E-state index is 12.5. The van der Waals surface area contributed by atoms with Gasteiger partial charge in [-0.3, -0.25) is 0 Å². The van der Waals surface area contributed by atoms with Crippen molar-refractivity contribution in [1.29, 1.82) is 0 Å². The molecule has 0 aliphatic heterocycles. The van der Waals surface area contributed by atoms with Crippen LogP contribution in [-0.4, -0.2) is 12.1 Å². The van der Waals surface area contributed by atoms with Crippen LogP contribution in [0.1, 0.15) is 11.1 Å². The van der Waals surface area contributed by atoms with Gasteiger partial charge in [-0.2, -0.15) is 13.2 Å². The van der Waals surface area contributed by atoms with Crippen LogP contribution in [0.15, 0.2) is 42.5 Å².